The summed E-state index contributed by atoms with van der Waals surface area (Å²) in [6.07, 6.45) is 6.41. The fourth-order valence-corrected chi connectivity index (χ4v) is 1.27. The van der Waals surface area contributed by atoms with E-state index in [0.29, 0.717) is 5.56 Å². The molecular formula is C13H10FN. The molecular weight excluding hydrogens is 189 g/mol. The highest BCUT2D eigenvalue weighted by Gasteiger charge is 1.95. The molecule has 0 amide bonds. The topological polar surface area (TPSA) is 12.9 Å². The summed E-state index contributed by atoms with van der Waals surface area (Å²) in [4.78, 5) is 3.69. The molecule has 2 heteroatoms. The van der Waals surface area contributed by atoms with Crippen LogP contribution < -0.4 is 0 Å². The van der Waals surface area contributed by atoms with E-state index in [4.69, 9.17) is 0 Å². The summed E-state index contributed by atoms with van der Waals surface area (Å²) in [6.45, 7) is 0. The molecule has 0 N–H and O–H groups in total. The molecule has 0 spiro atoms. The SMILES string of the molecule is Fc1cnccc1C=Cc1ccccc1. The molecule has 1 heterocycles. The minimum atomic E-state index is -0.301. The molecule has 0 aliphatic heterocycles. The molecule has 1 aromatic heterocycles. The maximum absolute atomic E-state index is 13.2. The first-order valence-electron chi connectivity index (χ1n) is 4.69. The van der Waals surface area contributed by atoms with Gasteiger partial charge in [-0.1, -0.05) is 42.5 Å². The summed E-state index contributed by atoms with van der Waals surface area (Å²) in [5.41, 5.74) is 1.60. The van der Waals surface area contributed by atoms with Crippen molar-refractivity contribution in [3.05, 3.63) is 65.7 Å². The molecule has 0 saturated heterocycles. The van der Waals surface area contributed by atoms with Gasteiger partial charge in [0.2, 0.25) is 0 Å². The molecule has 2 aromatic rings. The second-order valence-electron chi connectivity index (χ2n) is 3.14. The highest BCUT2D eigenvalue weighted by atomic mass is 19.1. The van der Waals surface area contributed by atoms with Crippen LogP contribution in [-0.4, -0.2) is 4.98 Å². The molecule has 0 bridgehead atoms. The molecule has 0 saturated carbocycles. The Hall–Kier alpha value is -1.96. The van der Waals surface area contributed by atoms with Crippen LogP contribution in [0.15, 0.2) is 48.8 Å². The zero-order valence-corrected chi connectivity index (χ0v) is 8.10. The van der Waals surface area contributed by atoms with E-state index in [1.807, 2.05) is 36.4 Å². The molecule has 1 nitrogen and oxygen atoms in total. The van der Waals surface area contributed by atoms with Crippen molar-refractivity contribution in [2.45, 2.75) is 0 Å². The van der Waals surface area contributed by atoms with Crippen molar-refractivity contribution in [1.29, 1.82) is 0 Å². The van der Waals surface area contributed by atoms with Crippen LogP contribution in [0, 0.1) is 5.82 Å². The number of halogens is 1. The minimum Gasteiger partial charge on any atom is -0.262 e. The Balaban J connectivity index is 2.23. The van der Waals surface area contributed by atoms with E-state index < -0.39 is 0 Å². The fraction of sp³-hybridized carbons (Fsp3) is 0. The number of nitrogens with zero attached hydrogens (tertiary/aromatic N) is 1. The monoisotopic (exact) mass is 199 g/mol. The molecule has 1 aromatic carbocycles. The van der Waals surface area contributed by atoms with Gasteiger partial charge in [-0.3, -0.25) is 4.98 Å². The van der Waals surface area contributed by atoms with E-state index in [2.05, 4.69) is 4.98 Å². The predicted molar refractivity (Wildman–Crippen MR) is 59.6 cm³/mol. The van der Waals surface area contributed by atoms with Crippen molar-refractivity contribution in [1.82, 2.24) is 4.98 Å². The van der Waals surface area contributed by atoms with Gasteiger partial charge >= 0.3 is 0 Å². The van der Waals surface area contributed by atoms with Crippen LogP contribution in [-0.2, 0) is 0 Å². The van der Waals surface area contributed by atoms with Gasteiger partial charge in [0.05, 0.1) is 6.20 Å². The molecule has 0 aliphatic rings. The van der Waals surface area contributed by atoms with Gasteiger partial charge in [0.15, 0.2) is 0 Å². The summed E-state index contributed by atoms with van der Waals surface area (Å²) >= 11 is 0. The number of aromatic nitrogens is 1. The third-order valence-corrected chi connectivity index (χ3v) is 2.06. The minimum absolute atomic E-state index is 0.301. The van der Waals surface area contributed by atoms with E-state index in [1.54, 1.807) is 18.3 Å². The highest BCUT2D eigenvalue weighted by molar-refractivity contribution is 5.69. The summed E-state index contributed by atoms with van der Waals surface area (Å²) in [6, 6.07) is 11.4. The zero-order valence-electron chi connectivity index (χ0n) is 8.10. The average molecular weight is 199 g/mol. The van der Waals surface area contributed by atoms with Crippen LogP contribution >= 0.6 is 0 Å². The molecule has 74 valence electrons. The van der Waals surface area contributed by atoms with Gasteiger partial charge in [-0.15, -0.1) is 0 Å². The zero-order chi connectivity index (χ0) is 10.5. The van der Waals surface area contributed by atoms with Crippen LogP contribution in [0.3, 0.4) is 0 Å². The molecule has 2 rings (SSSR count). The van der Waals surface area contributed by atoms with E-state index in [1.165, 1.54) is 6.20 Å². The normalized spacial score (nSPS) is 10.7. The van der Waals surface area contributed by atoms with Crippen molar-refractivity contribution in [2.24, 2.45) is 0 Å². The molecule has 0 atom stereocenters. The number of hydrogen-bond donors (Lipinski definition) is 0. The lowest BCUT2D eigenvalue weighted by atomic mass is 10.1. The van der Waals surface area contributed by atoms with Crippen molar-refractivity contribution < 1.29 is 4.39 Å². The number of rotatable bonds is 2. The first-order chi connectivity index (χ1) is 7.36. The Morgan fingerprint density at radius 3 is 2.53 bits per heavy atom. The smallest absolute Gasteiger partial charge is 0.148 e. The maximum Gasteiger partial charge on any atom is 0.148 e. The lowest BCUT2D eigenvalue weighted by molar-refractivity contribution is 0.618. The number of hydrogen-bond acceptors (Lipinski definition) is 1. The number of pyridine rings is 1. The van der Waals surface area contributed by atoms with Gasteiger partial charge in [0.1, 0.15) is 5.82 Å². The quantitative estimate of drug-likeness (QED) is 0.722. The van der Waals surface area contributed by atoms with Crippen LogP contribution in [0.2, 0.25) is 0 Å². The standard InChI is InChI=1S/C13H10FN/c14-13-10-15-9-8-12(13)7-6-11-4-2-1-3-5-11/h1-10H. The third-order valence-electron chi connectivity index (χ3n) is 2.06. The first kappa shape index (κ1) is 9.59. The molecule has 0 radical (unpaired) electrons. The summed E-state index contributed by atoms with van der Waals surface area (Å²) < 4.78 is 13.2. The highest BCUT2D eigenvalue weighted by Crippen LogP contribution is 2.10. The Labute approximate surface area is 87.9 Å². The second kappa shape index (κ2) is 4.51. The van der Waals surface area contributed by atoms with Crippen LogP contribution in [0.4, 0.5) is 4.39 Å². The second-order valence-corrected chi connectivity index (χ2v) is 3.14. The largest absolute Gasteiger partial charge is 0.262 e. The van der Waals surface area contributed by atoms with E-state index >= 15 is 0 Å². The lowest BCUT2D eigenvalue weighted by Crippen LogP contribution is -1.82. The molecule has 0 unspecified atom stereocenters. The van der Waals surface area contributed by atoms with Gasteiger partial charge in [0, 0.05) is 11.8 Å². The molecule has 15 heavy (non-hydrogen) atoms. The summed E-state index contributed by atoms with van der Waals surface area (Å²) in [7, 11) is 0. The Morgan fingerprint density at radius 2 is 1.80 bits per heavy atom. The van der Waals surface area contributed by atoms with Crippen molar-refractivity contribution in [2.75, 3.05) is 0 Å². The van der Waals surface area contributed by atoms with E-state index in [9.17, 15) is 4.39 Å². The van der Waals surface area contributed by atoms with Gasteiger partial charge < -0.3 is 0 Å². The van der Waals surface area contributed by atoms with Crippen LogP contribution in [0.5, 0.6) is 0 Å². The fourth-order valence-electron chi connectivity index (χ4n) is 1.27. The molecule has 0 fully saturated rings. The van der Waals surface area contributed by atoms with Crippen molar-refractivity contribution >= 4 is 12.2 Å². The van der Waals surface area contributed by atoms with Crippen LogP contribution in [0.25, 0.3) is 12.2 Å². The summed E-state index contributed by atoms with van der Waals surface area (Å²) in [5.74, 6) is -0.301. The van der Waals surface area contributed by atoms with E-state index in [0.717, 1.165) is 5.56 Å². The van der Waals surface area contributed by atoms with Crippen molar-refractivity contribution in [3.63, 3.8) is 0 Å². The van der Waals surface area contributed by atoms with Gasteiger partial charge in [-0.05, 0) is 11.6 Å². The Bertz CT molecular complexity index is 463. The number of benzene rings is 1. The van der Waals surface area contributed by atoms with Crippen LogP contribution in [0.1, 0.15) is 11.1 Å². The Kier molecular flexibility index (Phi) is 2.88. The predicted octanol–water partition coefficient (Wildman–Crippen LogP) is 3.39. The van der Waals surface area contributed by atoms with E-state index in [-0.39, 0.29) is 5.82 Å². The first-order valence-corrected chi connectivity index (χ1v) is 4.69. The van der Waals surface area contributed by atoms with Crippen molar-refractivity contribution in [3.8, 4) is 0 Å². The maximum atomic E-state index is 13.2. The lowest BCUT2D eigenvalue weighted by Gasteiger charge is -1.95. The molecule has 0 aliphatic carbocycles. The third kappa shape index (κ3) is 2.50. The van der Waals surface area contributed by atoms with Gasteiger partial charge in [-0.25, -0.2) is 4.39 Å². The summed E-state index contributed by atoms with van der Waals surface area (Å²) in [5, 5.41) is 0. The van der Waals surface area contributed by atoms with Gasteiger partial charge in [-0.2, -0.15) is 0 Å². The van der Waals surface area contributed by atoms with Gasteiger partial charge in [0.25, 0.3) is 0 Å². The Morgan fingerprint density at radius 1 is 1.00 bits per heavy atom. The average Bonchev–Trinajstić information content (AvgIpc) is 2.29.